The highest BCUT2D eigenvalue weighted by molar-refractivity contribution is 6.03. The van der Waals surface area contributed by atoms with Crippen LogP contribution in [0.25, 0.3) is 10.8 Å². The number of ether oxygens (including phenoxy) is 1. The van der Waals surface area contributed by atoms with Crippen LogP contribution in [-0.2, 0) is 4.74 Å². The Kier molecular flexibility index (Phi) is 9.16. The fourth-order valence-corrected chi connectivity index (χ4v) is 2.53. The highest BCUT2D eigenvalue weighted by Crippen LogP contribution is 2.18. The van der Waals surface area contributed by atoms with Crippen LogP contribution in [0.2, 0.25) is 0 Å². The lowest BCUT2D eigenvalue weighted by Gasteiger charge is -2.19. The first-order chi connectivity index (χ1) is 14.6. The summed E-state index contributed by atoms with van der Waals surface area (Å²) in [6, 6.07) is 18.5. The minimum Gasteiger partial charge on any atom is -0.478 e. The van der Waals surface area contributed by atoms with E-state index in [-0.39, 0.29) is 11.1 Å². The number of aromatic carboxylic acids is 2. The van der Waals surface area contributed by atoms with E-state index < -0.39 is 23.5 Å². The van der Waals surface area contributed by atoms with Crippen molar-refractivity contribution >= 4 is 28.7 Å². The molecule has 6 nitrogen and oxygen atoms in total. The van der Waals surface area contributed by atoms with Gasteiger partial charge in [0, 0.05) is 0 Å². The van der Waals surface area contributed by atoms with Crippen molar-refractivity contribution in [3.63, 3.8) is 0 Å². The third-order valence-electron chi connectivity index (χ3n) is 3.76. The second kappa shape index (κ2) is 11.3. The predicted octanol–water partition coefficient (Wildman–Crippen LogP) is 5.68. The smallest absolute Gasteiger partial charge is 0.338 e. The largest absolute Gasteiger partial charge is 0.478 e. The standard InChI is InChI=1S/C12H14O4.C11H8O2.C2H4/c1-12(2,3)16-11(15)9-6-4-5-8(7-9)10(13)14;12-11(13)10-7-3-5-8-4-1-2-6-9(8)10;1-2/h4-7H,1-3H3,(H,13,14);1-7H,(H,12,13);1-2H2. The number of hydrogen-bond acceptors (Lipinski definition) is 4. The number of esters is 1. The summed E-state index contributed by atoms with van der Waals surface area (Å²) in [5.41, 5.74) is 0.0901. The highest BCUT2D eigenvalue weighted by atomic mass is 16.6. The summed E-state index contributed by atoms with van der Waals surface area (Å²) >= 11 is 0. The maximum atomic E-state index is 11.6. The van der Waals surface area contributed by atoms with Gasteiger partial charge in [0.2, 0.25) is 0 Å². The molecule has 3 aromatic carbocycles. The molecule has 6 heteroatoms. The molecule has 0 aromatic heterocycles. The fraction of sp³-hybridized carbons (Fsp3) is 0.160. The van der Waals surface area contributed by atoms with Gasteiger partial charge < -0.3 is 14.9 Å². The monoisotopic (exact) mass is 422 g/mol. The van der Waals surface area contributed by atoms with Crippen molar-refractivity contribution in [3.8, 4) is 0 Å². The Balaban J connectivity index is 0.000000291. The number of carbonyl (C=O) groups excluding carboxylic acids is 1. The zero-order chi connectivity index (χ0) is 23.6. The first kappa shape index (κ1) is 25.1. The van der Waals surface area contributed by atoms with E-state index in [9.17, 15) is 14.4 Å². The maximum Gasteiger partial charge on any atom is 0.338 e. The molecule has 2 N–H and O–H groups in total. The van der Waals surface area contributed by atoms with Gasteiger partial charge in [0.1, 0.15) is 5.60 Å². The van der Waals surface area contributed by atoms with Crippen LogP contribution in [0.1, 0.15) is 51.8 Å². The molecule has 0 aliphatic rings. The molecule has 0 saturated carbocycles. The molecule has 0 aliphatic heterocycles. The van der Waals surface area contributed by atoms with Crippen molar-refractivity contribution in [2.45, 2.75) is 26.4 Å². The SMILES string of the molecule is C=C.CC(C)(C)OC(=O)c1cccc(C(=O)O)c1.O=C(O)c1cccc2ccccc12. The highest BCUT2D eigenvalue weighted by Gasteiger charge is 2.18. The molecule has 0 bridgehead atoms. The van der Waals surface area contributed by atoms with E-state index in [4.69, 9.17) is 14.9 Å². The minimum atomic E-state index is -1.06. The molecule has 3 rings (SSSR count). The molecular weight excluding hydrogens is 396 g/mol. The number of fused-ring (bicyclic) bond motifs is 1. The Morgan fingerprint density at radius 2 is 1.32 bits per heavy atom. The van der Waals surface area contributed by atoms with Gasteiger partial charge in [-0.3, -0.25) is 0 Å². The van der Waals surface area contributed by atoms with Gasteiger partial charge in [-0.15, -0.1) is 13.2 Å². The molecule has 0 atom stereocenters. The van der Waals surface area contributed by atoms with E-state index in [0.29, 0.717) is 5.56 Å². The second-order valence-corrected chi connectivity index (χ2v) is 7.22. The summed E-state index contributed by atoms with van der Waals surface area (Å²) in [5.74, 6) is -2.46. The van der Waals surface area contributed by atoms with Crippen LogP contribution in [0.4, 0.5) is 0 Å². The van der Waals surface area contributed by atoms with Crippen LogP contribution in [0.15, 0.2) is 79.9 Å². The lowest BCUT2D eigenvalue weighted by Crippen LogP contribution is -2.24. The Morgan fingerprint density at radius 1 is 0.774 bits per heavy atom. The van der Waals surface area contributed by atoms with Crippen LogP contribution >= 0.6 is 0 Å². The van der Waals surface area contributed by atoms with Gasteiger partial charge in [0.15, 0.2) is 0 Å². The third-order valence-corrected chi connectivity index (χ3v) is 3.76. The van der Waals surface area contributed by atoms with Crippen molar-refractivity contribution in [2.24, 2.45) is 0 Å². The molecule has 0 saturated heterocycles. The lowest BCUT2D eigenvalue weighted by molar-refractivity contribution is 0.00693. The predicted molar refractivity (Wildman–Crippen MR) is 121 cm³/mol. The van der Waals surface area contributed by atoms with Crippen LogP contribution in [0.5, 0.6) is 0 Å². The molecule has 162 valence electrons. The molecule has 0 heterocycles. The normalized spacial score (nSPS) is 10.0. The Hall–Kier alpha value is -3.93. The number of carbonyl (C=O) groups is 3. The van der Waals surface area contributed by atoms with Crippen molar-refractivity contribution in [1.82, 2.24) is 0 Å². The number of benzene rings is 3. The molecular formula is C25H26O6. The minimum absolute atomic E-state index is 0.0726. The van der Waals surface area contributed by atoms with Crippen molar-refractivity contribution in [1.29, 1.82) is 0 Å². The molecule has 0 aliphatic carbocycles. The summed E-state index contributed by atoms with van der Waals surface area (Å²) in [5, 5.41) is 19.4. The summed E-state index contributed by atoms with van der Waals surface area (Å²) in [6.07, 6.45) is 0. The number of rotatable bonds is 3. The molecule has 0 unspecified atom stereocenters. The van der Waals surface area contributed by atoms with E-state index >= 15 is 0 Å². The van der Waals surface area contributed by atoms with Gasteiger partial charge in [-0.05, 0) is 55.8 Å². The average Bonchev–Trinajstić information content (AvgIpc) is 2.74. The maximum absolute atomic E-state index is 11.6. The third kappa shape index (κ3) is 7.78. The second-order valence-electron chi connectivity index (χ2n) is 7.22. The molecule has 0 fully saturated rings. The molecule has 0 amide bonds. The molecule has 31 heavy (non-hydrogen) atoms. The zero-order valence-electron chi connectivity index (χ0n) is 17.8. The van der Waals surface area contributed by atoms with Gasteiger partial charge in [0.25, 0.3) is 0 Å². The van der Waals surface area contributed by atoms with Crippen LogP contribution < -0.4 is 0 Å². The zero-order valence-corrected chi connectivity index (χ0v) is 17.8. The lowest BCUT2D eigenvalue weighted by atomic mass is 10.1. The number of carboxylic acid groups (broad SMARTS) is 2. The number of hydrogen-bond donors (Lipinski definition) is 2. The van der Waals surface area contributed by atoms with E-state index in [0.717, 1.165) is 10.8 Å². The first-order valence-corrected chi connectivity index (χ1v) is 9.36. The quantitative estimate of drug-likeness (QED) is 0.416. The summed E-state index contributed by atoms with van der Waals surface area (Å²) in [4.78, 5) is 33.1. The Labute approximate surface area is 181 Å². The summed E-state index contributed by atoms with van der Waals surface area (Å²) < 4.78 is 5.13. The van der Waals surface area contributed by atoms with Gasteiger partial charge in [-0.1, -0.05) is 42.5 Å². The molecule has 0 spiro atoms. The Bertz CT molecular complexity index is 1060. The van der Waals surface area contributed by atoms with E-state index in [2.05, 4.69) is 13.2 Å². The van der Waals surface area contributed by atoms with Gasteiger partial charge in [-0.2, -0.15) is 0 Å². The topological polar surface area (TPSA) is 101 Å². The van der Waals surface area contributed by atoms with Crippen LogP contribution in [0.3, 0.4) is 0 Å². The van der Waals surface area contributed by atoms with E-state index in [1.54, 1.807) is 32.9 Å². The van der Waals surface area contributed by atoms with E-state index in [1.807, 2.05) is 30.3 Å². The van der Waals surface area contributed by atoms with Crippen molar-refractivity contribution in [3.05, 3.63) is 96.6 Å². The van der Waals surface area contributed by atoms with Crippen LogP contribution in [-0.4, -0.2) is 33.7 Å². The van der Waals surface area contributed by atoms with Gasteiger partial charge in [0.05, 0.1) is 16.7 Å². The number of carboxylic acids is 2. The molecule has 3 aromatic rings. The van der Waals surface area contributed by atoms with E-state index in [1.165, 1.54) is 24.3 Å². The molecule has 0 radical (unpaired) electrons. The van der Waals surface area contributed by atoms with Gasteiger partial charge >= 0.3 is 17.9 Å². The fourth-order valence-electron chi connectivity index (χ4n) is 2.53. The first-order valence-electron chi connectivity index (χ1n) is 9.36. The summed E-state index contributed by atoms with van der Waals surface area (Å²) in [6.45, 7) is 11.3. The van der Waals surface area contributed by atoms with Gasteiger partial charge in [-0.25, -0.2) is 14.4 Å². The average molecular weight is 422 g/mol. The van der Waals surface area contributed by atoms with Crippen molar-refractivity contribution < 1.29 is 29.3 Å². The van der Waals surface area contributed by atoms with Crippen molar-refractivity contribution in [2.75, 3.05) is 0 Å². The summed E-state index contributed by atoms with van der Waals surface area (Å²) in [7, 11) is 0. The Morgan fingerprint density at radius 3 is 1.90 bits per heavy atom. The van der Waals surface area contributed by atoms with Crippen LogP contribution in [0, 0.1) is 0 Å².